The Kier molecular flexibility index (Phi) is 9.66. The van der Waals surface area contributed by atoms with Gasteiger partial charge in [0.1, 0.15) is 0 Å². The molecule has 0 aliphatic rings. The molecule has 0 aromatic carbocycles. The van der Waals surface area contributed by atoms with Gasteiger partial charge in [-0.05, 0) is 31.4 Å². The molecule has 2 N–H and O–H groups in total. The summed E-state index contributed by atoms with van der Waals surface area (Å²) in [4.78, 5) is 0. The van der Waals surface area contributed by atoms with Crippen LogP contribution in [0.2, 0.25) is 0 Å². The average Bonchev–Trinajstić information content (AvgIpc) is 2.22. The zero-order valence-corrected chi connectivity index (χ0v) is 11.3. The fourth-order valence-electron chi connectivity index (χ4n) is 1.33. The van der Waals surface area contributed by atoms with Crippen LogP contribution in [-0.4, -0.2) is 36.8 Å². The first-order chi connectivity index (χ1) is 7.12. The summed E-state index contributed by atoms with van der Waals surface area (Å²) < 4.78 is 0. The first-order valence-electron chi connectivity index (χ1n) is 5.93. The van der Waals surface area contributed by atoms with Crippen LogP contribution in [0.1, 0.15) is 39.5 Å². The maximum absolute atomic E-state index is 9.05. The second-order valence-electron chi connectivity index (χ2n) is 4.91. The minimum atomic E-state index is 0.0266. The molecule has 0 rings (SSSR count). The van der Waals surface area contributed by atoms with Crippen molar-refractivity contribution in [1.29, 1.82) is 0 Å². The van der Waals surface area contributed by atoms with E-state index in [0.29, 0.717) is 0 Å². The van der Waals surface area contributed by atoms with Crippen LogP contribution in [0.15, 0.2) is 0 Å². The third kappa shape index (κ3) is 10.6. The van der Waals surface area contributed by atoms with Gasteiger partial charge in [-0.1, -0.05) is 26.7 Å². The number of thioether (sulfide) groups is 1. The number of nitrogens with one attached hydrogen (secondary N) is 1. The lowest BCUT2D eigenvalue weighted by Crippen LogP contribution is -2.32. The Labute approximate surface area is 99.2 Å². The van der Waals surface area contributed by atoms with Gasteiger partial charge in [0.15, 0.2) is 0 Å². The first-order valence-corrected chi connectivity index (χ1v) is 7.32. The summed E-state index contributed by atoms with van der Waals surface area (Å²) in [6.45, 7) is 6.42. The minimum absolute atomic E-state index is 0.0266. The summed E-state index contributed by atoms with van der Waals surface area (Å²) in [7, 11) is 0. The minimum Gasteiger partial charge on any atom is -0.396 e. The van der Waals surface area contributed by atoms with Crippen molar-refractivity contribution in [3.63, 3.8) is 0 Å². The molecular weight excluding hydrogens is 206 g/mol. The van der Waals surface area contributed by atoms with Crippen molar-refractivity contribution < 1.29 is 5.11 Å². The Morgan fingerprint density at radius 3 is 2.40 bits per heavy atom. The lowest BCUT2D eigenvalue weighted by molar-refractivity contribution is 0.157. The molecule has 0 amide bonds. The number of aliphatic hydroxyl groups excluding tert-OH is 1. The molecule has 0 aromatic rings. The van der Waals surface area contributed by atoms with Crippen LogP contribution in [0.3, 0.4) is 0 Å². The highest BCUT2D eigenvalue weighted by atomic mass is 32.2. The number of aliphatic hydroxyl groups is 1. The maximum Gasteiger partial charge on any atom is 0.0494 e. The molecule has 2 nitrogen and oxygen atoms in total. The molecule has 0 saturated heterocycles. The van der Waals surface area contributed by atoms with Gasteiger partial charge in [0.2, 0.25) is 0 Å². The third-order valence-corrected chi connectivity index (χ3v) is 3.18. The smallest absolute Gasteiger partial charge is 0.0494 e. The van der Waals surface area contributed by atoms with Gasteiger partial charge in [0, 0.05) is 18.6 Å². The van der Waals surface area contributed by atoms with Crippen molar-refractivity contribution in [3.8, 4) is 0 Å². The largest absolute Gasteiger partial charge is 0.396 e. The summed E-state index contributed by atoms with van der Waals surface area (Å²) in [5.41, 5.74) is 0.0266. The SMILES string of the molecule is CSCCCCCCNCC(C)(C)CO. The Morgan fingerprint density at radius 2 is 1.80 bits per heavy atom. The summed E-state index contributed by atoms with van der Waals surface area (Å²) in [5, 5.41) is 12.5. The quantitative estimate of drug-likeness (QED) is 0.569. The predicted octanol–water partition coefficient (Wildman–Crippen LogP) is 2.52. The molecule has 0 spiro atoms. The zero-order valence-electron chi connectivity index (χ0n) is 10.5. The monoisotopic (exact) mass is 233 g/mol. The van der Waals surface area contributed by atoms with Gasteiger partial charge < -0.3 is 10.4 Å². The molecule has 92 valence electrons. The van der Waals surface area contributed by atoms with E-state index in [9.17, 15) is 0 Å². The van der Waals surface area contributed by atoms with E-state index in [4.69, 9.17) is 5.11 Å². The summed E-state index contributed by atoms with van der Waals surface area (Å²) in [6.07, 6.45) is 7.46. The van der Waals surface area contributed by atoms with Crippen molar-refractivity contribution in [1.82, 2.24) is 5.32 Å². The number of hydrogen-bond donors (Lipinski definition) is 2. The van der Waals surface area contributed by atoms with E-state index in [0.717, 1.165) is 13.1 Å². The average molecular weight is 233 g/mol. The molecule has 0 fully saturated rings. The molecule has 0 atom stereocenters. The standard InChI is InChI=1S/C12H27NOS/c1-12(2,11-14)10-13-8-6-4-5-7-9-15-3/h13-14H,4-11H2,1-3H3. The van der Waals surface area contributed by atoms with E-state index in [1.807, 2.05) is 11.8 Å². The van der Waals surface area contributed by atoms with Gasteiger partial charge in [-0.25, -0.2) is 0 Å². The zero-order chi connectivity index (χ0) is 11.6. The van der Waals surface area contributed by atoms with E-state index >= 15 is 0 Å². The lowest BCUT2D eigenvalue weighted by Gasteiger charge is -2.21. The Bertz CT molecular complexity index is 140. The van der Waals surface area contributed by atoms with E-state index < -0.39 is 0 Å². The molecule has 0 aromatic heterocycles. The van der Waals surface area contributed by atoms with E-state index in [-0.39, 0.29) is 12.0 Å². The van der Waals surface area contributed by atoms with Gasteiger partial charge in [0.05, 0.1) is 0 Å². The highest BCUT2D eigenvalue weighted by Gasteiger charge is 2.14. The van der Waals surface area contributed by atoms with Crippen LogP contribution >= 0.6 is 11.8 Å². The molecule has 15 heavy (non-hydrogen) atoms. The van der Waals surface area contributed by atoms with Gasteiger partial charge in [-0.3, -0.25) is 0 Å². The van der Waals surface area contributed by atoms with Crippen LogP contribution < -0.4 is 5.32 Å². The van der Waals surface area contributed by atoms with Gasteiger partial charge in [-0.2, -0.15) is 11.8 Å². The summed E-state index contributed by atoms with van der Waals surface area (Å²) >= 11 is 1.93. The fraction of sp³-hybridized carbons (Fsp3) is 1.00. The first kappa shape index (κ1) is 15.3. The topological polar surface area (TPSA) is 32.3 Å². The lowest BCUT2D eigenvalue weighted by atomic mass is 9.95. The van der Waals surface area contributed by atoms with Gasteiger partial charge in [-0.15, -0.1) is 0 Å². The molecule has 3 heteroatoms. The second-order valence-corrected chi connectivity index (χ2v) is 5.89. The maximum atomic E-state index is 9.05. The number of rotatable bonds is 10. The van der Waals surface area contributed by atoms with Crippen LogP contribution in [0.4, 0.5) is 0 Å². The van der Waals surface area contributed by atoms with E-state index in [2.05, 4.69) is 25.4 Å². The second kappa shape index (κ2) is 9.49. The summed E-state index contributed by atoms with van der Waals surface area (Å²) in [5.74, 6) is 1.30. The molecule has 0 aliphatic heterocycles. The molecular formula is C12H27NOS. The molecule has 0 heterocycles. The van der Waals surface area contributed by atoms with Crippen LogP contribution in [0, 0.1) is 5.41 Å². The molecule has 0 bridgehead atoms. The van der Waals surface area contributed by atoms with Crippen molar-refractivity contribution in [3.05, 3.63) is 0 Å². The van der Waals surface area contributed by atoms with Crippen LogP contribution in [-0.2, 0) is 0 Å². The Hall–Kier alpha value is 0.270. The number of hydrogen-bond acceptors (Lipinski definition) is 3. The third-order valence-electron chi connectivity index (χ3n) is 2.48. The van der Waals surface area contributed by atoms with Crippen molar-refractivity contribution in [2.24, 2.45) is 5.41 Å². The van der Waals surface area contributed by atoms with E-state index in [1.165, 1.54) is 31.4 Å². The van der Waals surface area contributed by atoms with Crippen molar-refractivity contribution in [2.75, 3.05) is 31.7 Å². The summed E-state index contributed by atoms with van der Waals surface area (Å²) in [6, 6.07) is 0. The highest BCUT2D eigenvalue weighted by Crippen LogP contribution is 2.11. The van der Waals surface area contributed by atoms with E-state index in [1.54, 1.807) is 0 Å². The van der Waals surface area contributed by atoms with Crippen LogP contribution in [0.25, 0.3) is 0 Å². The van der Waals surface area contributed by atoms with Gasteiger partial charge in [0.25, 0.3) is 0 Å². The van der Waals surface area contributed by atoms with Crippen molar-refractivity contribution >= 4 is 11.8 Å². The van der Waals surface area contributed by atoms with Crippen molar-refractivity contribution in [2.45, 2.75) is 39.5 Å². The predicted molar refractivity (Wildman–Crippen MR) is 70.6 cm³/mol. The highest BCUT2D eigenvalue weighted by molar-refractivity contribution is 7.98. The molecule has 0 unspecified atom stereocenters. The fourth-order valence-corrected chi connectivity index (χ4v) is 1.83. The van der Waals surface area contributed by atoms with Gasteiger partial charge >= 0.3 is 0 Å². The normalized spacial score (nSPS) is 12.0. The number of unbranched alkanes of at least 4 members (excludes halogenated alkanes) is 3. The van der Waals surface area contributed by atoms with Crippen LogP contribution in [0.5, 0.6) is 0 Å². The molecule has 0 radical (unpaired) electrons. The molecule has 0 saturated carbocycles. The molecule has 0 aliphatic carbocycles. The Morgan fingerprint density at radius 1 is 1.13 bits per heavy atom. The Balaban J connectivity index is 3.11.